The summed E-state index contributed by atoms with van der Waals surface area (Å²) in [5.74, 6) is -0.0768. The van der Waals surface area contributed by atoms with Crippen molar-refractivity contribution >= 4 is 5.91 Å². The third kappa shape index (κ3) is 4.67. The van der Waals surface area contributed by atoms with Gasteiger partial charge >= 0.3 is 0 Å². The van der Waals surface area contributed by atoms with Gasteiger partial charge in [-0.2, -0.15) is 0 Å². The summed E-state index contributed by atoms with van der Waals surface area (Å²) in [6, 6.07) is 13.9. The number of hydrogen-bond acceptors (Lipinski definition) is 3. The summed E-state index contributed by atoms with van der Waals surface area (Å²) in [6.07, 6.45) is 3.73. The van der Waals surface area contributed by atoms with Crippen molar-refractivity contribution in [3.63, 3.8) is 0 Å². The Balaban J connectivity index is 1.70. The highest BCUT2D eigenvalue weighted by Crippen LogP contribution is 2.20. The number of pyridine rings is 1. The van der Waals surface area contributed by atoms with Crippen molar-refractivity contribution in [1.29, 1.82) is 0 Å². The van der Waals surface area contributed by atoms with E-state index in [1.165, 1.54) is 0 Å². The Kier molecular flexibility index (Phi) is 6.26. The molecule has 0 saturated heterocycles. The first kappa shape index (κ1) is 19.8. The van der Waals surface area contributed by atoms with Crippen LogP contribution >= 0.6 is 0 Å². The summed E-state index contributed by atoms with van der Waals surface area (Å²) >= 11 is 0. The summed E-state index contributed by atoms with van der Waals surface area (Å²) in [6.45, 7) is 9.04. The molecule has 5 heteroatoms. The van der Waals surface area contributed by atoms with E-state index in [0.717, 1.165) is 28.2 Å². The molecular weight excluding hydrogens is 350 g/mol. The van der Waals surface area contributed by atoms with E-state index in [2.05, 4.69) is 16.4 Å². The van der Waals surface area contributed by atoms with E-state index in [1.807, 2.05) is 68.7 Å². The maximum Gasteiger partial charge on any atom is 0.253 e. The number of rotatable bonds is 7. The number of hydrogen-bond donors (Lipinski definition) is 1. The van der Waals surface area contributed by atoms with Gasteiger partial charge in [0.1, 0.15) is 0 Å². The lowest BCUT2D eigenvalue weighted by molar-refractivity contribution is 0.0657. The van der Waals surface area contributed by atoms with Crippen molar-refractivity contribution in [3.05, 3.63) is 82.9 Å². The van der Waals surface area contributed by atoms with Crippen LogP contribution in [0, 0.1) is 13.8 Å². The SMILES string of the molecule is Cc1cc(C(=O)NCc2cccc(COC(C)C)c2)c(C)n1-c1cccnc1. The van der Waals surface area contributed by atoms with Crippen LogP contribution in [-0.4, -0.2) is 21.6 Å². The molecule has 28 heavy (non-hydrogen) atoms. The van der Waals surface area contributed by atoms with E-state index >= 15 is 0 Å². The normalized spacial score (nSPS) is 11.0. The third-order valence-corrected chi connectivity index (χ3v) is 4.61. The molecule has 0 saturated carbocycles. The first-order valence-corrected chi connectivity index (χ1v) is 9.52. The summed E-state index contributed by atoms with van der Waals surface area (Å²) in [5, 5.41) is 3.03. The molecule has 0 fully saturated rings. The quantitative estimate of drug-likeness (QED) is 0.666. The Hall–Kier alpha value is -2.92. The van der Waals surface area contributed by atoms with Crippen molar-refractivity contribution < 1.29 is 9.53 Å². The molecule has 2 aromatic heterocycles. The fraction of sp³-hybridized carbons (Fsp3) is 0.304. The molecule has 1 amide bonds. The molecular formula is C23H27N3O2. The second-order valence-electron chi connectivity index (χ2n) is 7.19. The van der Waals surface area contributed by atoms with Crippen molar-refractivity contribution in [1.82, 2.24) is 14.9 Å². The van der Waals surface area contributed by atoms with Crippen LogP contribution in [0.2, 0.25) is 0 Å². The molecule has 3 aromatic rings. The second-order valence-corrected chi connectivity index (χ2v) is 7.19. The van der Waals surface area contributed by atoms with Crippen molar-refractivity contribution in [2.45, 2.75) is 47.0 Å². The zero-order chi connectivity index (χ0) is 20.1. The van der Waals surface area contributed by atoms with Crippen LogP contribution in [0.5, 0.6) is 0 Å². The Morgan fingerprint density at radius 3 is 2.64 bits per heavy atom. The smallest absolute Gasteiger partial charge is 0.253 e. The van der Waals surface area contributed by atoms with E-state index < -0.39 is 0 Å². The molecule has 5 nitrogen and oxygen atoms in total. The van der Waals surface area contributed by atoms with Gasteiger partial charge in [0.25, 0.3) is 5.91 Å². The average Bonchev–Trinajstić information content (AvgIpc) is 2.99. The van der Waals surface area contributed by atoms with Gasteiger partial charge in [0, 0.05) is 24.1 Å². The Morgan fingerprint density at radius 2 is 1.93 bits per heavy atom. The van der Waals surface area contributed by atoms with Gasteiger partial charge in [-0.1, -0.05) is 24.3 Å². The number of aromatic nitrogens is 2. The van der Waals surface area contributed by atoms with Crippen LogP contribution in [0.15, 0.2) is 54.9 Å². The minimum Gasteiger partial charge on any atom is -0.374 e. The van der Waals surface area contributed by atoms with Crippen LogP contribution in [0.3, 0.4) is 0 Å². The van der Waals surface area contributed by atoms with Crippen LogP contribution in [0.25, 0.3) is 5.69 Å². The molecule has 2 heterocycles. The topological polar surface area (TPSA) is 56.1 Å². The van der Waals surface area contributed by atoms with Gasteiger partial charge in [-0.25, -0.2) is 0 Å². The Labute approximate surface area is 166 Å². The minimum absolute atomic E-state index is 0.0768. The van der Waals surface area contributed by atoms with Gasteiger partial charge in [-0.15, -0.1) is 0 Å². The second kappa shape index (κ2) is 8.85. The first-order valence-electron chi connectivity index (χ1n) is 9.52. The summed E-state index contributed by atoms with van der Waals surface area (Å²) < 4.78 is 7.70. The lowest BCUT2D eigenvalue weighted by atomic mass is 10.1. The largest absolute Gasteiger partial charge is 0.374 e. The highest BCUT2D eigenvalue weighted by atomic mass is 16.5. The molecule has 0 bridgehead atoms. The lowest BCUT2D eigenvalue weighted by Gasteiger charge is -2.11. The maximum absolute atomic E-state index is 12.8. The van der Waals surface area contributed by atoms with Crippen molar-refractivity contribution in [3.8, 4) is 5.69 Å². The average molecular weight is 377 g/mol. The van der Waals surface area contributed by atoms with Gasteiger partial charge in [0.05, 0.1) is 30.2 Å². The van der Waals surface area contributed by atoms with Gasteiger partial charge in [0.2, 0.25) is 0 Å². The molecule has 0 spiro atoms. The molecule has 3 rings (SSSR count). The van der Waals surface area contributed by atoms with Crippen LogP contribution in [0.4, 0.5) is 0 Å². The van der Waals surface area contributed by atoms with Crippen LogP contribution in [-0.2, 0) is 17.9 Å². The summed E-state index contributed by atoms with van der Waals surface area (Å²) in [4.78, 5) is 16.9. The molecule has 1 aromatic carbocycles. The fourth-order valence-electron chi connectivity index (χ4n) is 3.25. The molecule has 0 aliphatic carbocycles. The molecule has 0 radical (unpaired) electrons. The van der Waals surface area contributed by atoms with Crippen molar-refractivity contribution in [2.75, 3.05) is 0 Å². The van der Waals surface area contributed by atoms with Crippen molar-refractivity contribution in [2.24, 2.45) is 0 Å². The maximum atomic E-state index is 12.8. The third-order valence-electron chi connectivity index (χ3n) is 4.61. The van der Waals surface area contributed by atoms with E-state index in [0.29, 0.717) is 18.7 Å². The predicted molar refractivity (Wildman–Crippen MR) is 111 cm³/mol. The summed E-state index contributed by atoms with van der Waals surface area (Å²) in [7, 11) is 0. The highest BCUT2D eigenvalue weighted by molar-refractivity contribution is 5.95. The lowest BCUT2D eigenvalue weighted by Crippen LogP contribution is -2.23. The zero-order valence-corrected chi connectivity index (χ0v) is 16.9. The zero-order valence-electron chi connectivity index (χ0n) is 16.9. The number of amides is 1. The highest BCUT2D eigenvalue weighted by Gasteiger charge is 2.16. The fourth-order valence-corrected chi connectivity index (χ4v) is 3.25. The number of nitrogens with zero attached hydrogens (tertiary/aromatic N) is 2. The number of carbonyl (C=O) groups excluding carboxylic acids is 1. The van der Waals surface area contributed by atoms with Gasteiger partial charge < -0.3 is 14.6 Å². The van der Waals surface area contributed by atoms with Crippen LogP contribution < -0.4 is 5.32 Å². The number of aryl methyl sites for hydroxylation is 1. The number of benzene rings is 1. The Bertz CT molecular complexity index is 946. The van der Waals surface area contributed by atoms with E-state index in [9.17, 15) is 4.79 Å². The molecule has 0 aliphatic rings. The monoisotopic (exact) mass is 377 g/mol. The van der Waals surface area contributed by atoms with Crippen LogP contribution in [0.1, 0.15) is 46.7 Å². The molecule has 0 atom stereocenters. The molecule has 0 aliphatic heterocycles. The minimum atomic E-state index is -0.0768. The number of carbonyl (C=O) groups is 1. The van der Waals surface area contributed by atoms with Gasteiger partial charge in [0.15, 0.2) is 0 Å². The number of nitrogens with one attached hydrogen (secondary N) is 1. The first-order chi connectivity index (χ1) is 13.5. The van der Waals surface area contributed by atoms with E-state index in [-0.39, 0.29) is 12.0 Å². The predicted octanol–water partition coefficient (Wildman–Crippen LogP) is 4.34. The molecule has 146 valence electrons. The van der Waals surface area contributed by atoms with Gasteiger partial charge in [-0.05, 0) is 57.0 Å². The Morgan fingerprint density at radius 1 is 1.14 bits per heavy atom. The molecule has 1 N–H and O–H groups in total. The van der Waals surface area contributed by atoms with E-state index in [4.69, 9.17) is 4.74 Å². The number of ether oxygens (including phenoxy) is 1. The van der Waals surface area contributed by atoms with E-state index in [1.54, 1.807) is 12.4 Å². The summed E-state index contributed by atoms with van der Waals surface area (Å²) in [5.41, 5.74) is 5.70. The molecule has 0 unspecified atom stereocenters. The van der Waals surface area contributed by atoms with Gasteiger partial charge in [-0.3, -0.25) is 9.78 Å². The standard InChI is InChI=1S/C23H27N3O2/c1-16(2)28-15-20-8-5-7-19(12-20)13-25-23(27)22-11-17(3)26(18(22)4)21-9-6-10-24-14-21/h5-12,14,16H,13,15H2,1-4H3,(H,25,27).